The number of nitrogens with one attached hydrogen (secondary N) is 1. The molecule has 3 aromatic rings. The Kier molecular flexibility index (Phi) is 13.3. The van der Waals surface area contributed by atoms with Crippen LogP contribution in [0.15, 0.2) is 48.5 Å². The predicted molar refractivity (Wildman–Crippen MR) is 142 cm³/mol. The van der Waals surface area contributed by atoms with Crippen LogP contribution in [0, 0.1) is 5.82 Å². The van der Waals surface area contributed by atoms with E-state index >= 15 is 0 Å². The Balaban J connectivity index is 0.00000560. The summed E-state index contributed by atoms with van der Waals surface area (Å²) in [5.41, 5.74) is 2.53. The summed E-state index contributed by atoms with van der Waals surface area (Å²) >= 11 is 0. The number of methoxy groups -OCH3 is 1. The van der Waals surface area contributed by atoms with Gasteiger partial charge in [0.25, 0.3) is 5.91 Å². The van der Waals surface area contributed by atoms with Gasteiger partial charge in [0, 0.05) is 31.0 Å². The first-order valence-electron chi connectivity index (χ1n) is 12.9. The van der Waals surface area contributed by atoms with Crippen LogP contribution in [0.5, 0.6) is 5.75 Å². The number of carbonyl (C=O) groups is 2. The van der Waals surface area contributed by atoms with Crippen molar-refractivity contribution in [1.29, 1.82) is 0 Å². The number of imidazole rings is 1. The quantitative estimate of drug-likeness (QED) is 0.224. The molecular formula is C29H35FN3NaO6. The molecule has 0 spiro atoms. The number of nitrogens with zero attached hydrogens (tertiary/aromatic N) is 2. The van der Waals surface area contributed by atoms with Gasteiger partial charge in [-0.2, -0.15) is 0 Å². The molecule has 210 valence electrons. The zero-order chi connectivity index (χ0) is 28.5. The van der Waals surface area contributed by atoms with Gasteiger partial charge in [-0.15, -0.1) is 0 Å². The van der Waals surface area contributed by atoms with Gasteiger partial charge in [-0.3, -0.25) is 4.79 Å². The maximum atomic E-state index is 13.6. The van der Waals surface area contributed by atoms with E-state index in [2.05, 4.69) is 10.3 Å². The molecular weight excluding hydrogens is 528 g/mol. The molecule has 11 heteroatoms. The Hall–Kier alpha value is -2.76. The van der Waals surface area contributed by atoms with Gasteiger partial charge in [-0.1, -0.05) is 26.0 Å². The Morgan fingerprint density at radius 2 is 1.73 bits per heavy atom. The van der Waals surface area contributed by atoms with E-state index in [9.17, 15) is 29.3 Å². The number of hydrogen-bond acceptors (Lipinski definition) is 7. The molecule has 3 N–H and O–H groups in total. The summed E-state index contributed by atoms with van der Waals surface area (Å²) < 4.78 is 20.6. The SMILES string of the molecule is COc1ccc(CCNC(=O)c2nc(-c3ccc(F)cc3)n(CC[C@@H](O)C[C@@H](O)CC(=O)[O-])c2C(C)C)cc1.[Na+]. The van der Waals surface area contributed by atoms with E-state index in [0.29, 0.717) is 30.0 Å². The van der Waals surface area contributed by atoms with Crippen molar-refractivity contribution < 1.29 is 63.6 Å². The average Bonchev–Trinajstić information content (AvgIpc) is 3.27. The third-order valence-corrected chi connectivity index (χ3v) is 6.36. The van der Waals surface area contributed by atoms with Gasteiger partial charge in [-0.05, 0) is 67.1 Å². The molecule has 40 heavy (non-hydrogen) atoms. The third-order valence-electron chi connectivity index (χ3n) is 6.36. The second-order valence-corrected chi connectivity index (χ2v) is 9.74. The van der Waals surface area contributed by atoms with Gasteiger partial charge >= 0.3 is 29.6 Å². The van der Waals surface area contributed by atoms with Crippen molar-refractivity contribution in [3.63, 3.8) is 0 Å². The summed E-state index contributed by atoms with van der Waals surface area (Å²) in [5, 5.41) is 34.0. The van der Waals surface area contributed by atoms with Crippen LogP contribution in [-0.4, -0.2) is 57.5 Å². The van der Waals surface area contributed by atoms with Crippen molar-refractivity contribution in [2.45, 2.75) is 64.2 Å². The van der Waals surface area contributed by atoms with Gasteiger partial charge in [0.2, 0.25) is 0 Å². The molecule has 2 aromatic carbocycles. The first-order valence-corrected chi connectivity index (χ1v) is 12.9. The Bertz CT molecular complexity index is 1250. The molecule has 3 rings (SSSR count). The molecule has 0 saturated carbocycles. The molecule has 9 nitrogen and oxygen atoms in total. The van der Waals surface area contributed by atoms with Crippen molar-refractivity contribution in [3.8, 4) is 17.1 Å². The van der Waals surface area contributed by atoms with Crippen molar-refractivity contribution in [1.82, 2.24) is 14.9 Å². The van der Waals surface area contributed by atoms with Crippen molar-refractivity contribution in [2.75, 3.05) is 13.7 Å². The Labute approximate surface area is 255 Å². The molecule has 0 fully saturated rings. The number of rotatable bonds is 14. The van der Waals surface area contributed by atoms with Crippen molar-refractivity contribution in [2.24, 2.45) is 0 Å². The maximum Gasteiger partial charge on any atom is 1.00 e. The average molecular weight is 564 g/mol. The number of ether oxygens (including phenoxy) is 1. The third kappa shape index (κ3) is 9.42. The number of amides is 1. The summed E-state index contributed by atoms with van der Waals surface area (Å²) in [5.74, 6) is -1.07. The zero-order valence-corrected chi connectivity index (χ0v) is 25.4. The van der Waals surface area contributed by atoms with Crippen LogP contribution in [0.2, 0.25) is 0 Å². The Morgan fingerprint density at radius 1 is 1.07 bits per heavy atom. The fraction of sp³-hybridized carbons (Fsp3) is 0.414. The normalized spacial score (nSPS) is 12.5. The fourth-order valence-corrected chi connectivity index (χ4v) is 4.45. The zero-order valence-electron chi connectivity index (χ0n) is 23.4. The minimum absolute atomic E-state index is 0. The van der Waals surface area contributed by atoms with E-state index < -0.39 is 30.4 Å². The van der Waals surface area contributed by atoms with Gasteiger partial charge < -0.3 is 34.7 Å². The van der Waals surface area contributed by atoms with E-state index in [0.717, 1.165) is 11.3 Å². The maximum absolute atomic E-state index is 13.6. The summed E-state index contributed by atoms with van der Waals surface area (Å²) in [6.45, 7) is 4.48. The number of aliphatic carboxylic acids is 1. The number of halogens is 1. The summed E-state index contributed by atoms with van der Waals surface area (Å²) in [4.78, 5) is 28.7. The largest absolute Gasteiger partial charge is 1.00 e. The molecule has 0 aliphatic heterocycles. The summed E-state index contributed by atoms with van der Waals surface area (Å²) in [6.07, 6.45) is -2.15. The van der Waals surface area contributed by atoms with Crippen LogP contribution < -0.4 is 44.7 Å². The van der Waals surface area contributed by atoms with Crippen LogP contribution >= 0.6 is 0 Å². The van der Waals surface area contributed by atoms with Gasteiger partial charge in [0.05, 0.1) is 25.0 Å². The van der Waals surface area contributed by atoms with Gasteiger partial charge in [0.15, 0.2) is 0 Å². The smallest absolute Gasteiger partial charge is 0.550 e. The molecule has 0 aliphatic rings. The molecule has 1 heterocycles. The van der Waals surface area contributed by atoms with E-state index in [1.165, 1.54) is 12.1 Å². The molecule has 1 aromatic heterocycles. The van der Waals surface area contributed by atoms with E-state index in [1.807, 2.05) is 42.7 Å². The first kappa shape index (κ1) is 33.4. The topological polar surface area (TPSA) is 137 Å². The minimum Gasteiger partial charge on any atom is -0.550 e. The molecule has 0 aliphatic carbocycles. The summed E-state index contributed by atoms with van der Waals surface area (Å²) in [6, 6.07) is 13.3. The number of aliphatic hydroxyl groups excluding tert-OH is 2. The predicted octanol–water partition coefficient (Wildman–Crippen LogP) is -0.560. The number of carboxylic acid groups (broad SMARTS) is 1. The number of carboxylic acids is 1. The number of aromatic nitrogens is 2. The molecule has 1 amide bonds. The van der Waals surface area contributed by atoms with Crippen LogP contribution in [0.1, 0.15) is 60.8 Å². The van der Waals surface area contributed by atoms with Crippen LogP contribution in [0.4, 0.5) is 4.39 Å². The van der Waals surface area contributed by atoms with Crippen LogP contribution in [0.25, 0.3) is 11.4 Å². The second kappa shape index (κ2) is 15.9. The molecule has 0 saturated heterocycles. The second-order valence-electron chi connectivity index (χ2n) is 9.74. The molecule has 0 bridgehead atoms. The van der Waals surface area contributed by atoms with Crippen LogP contribution in [0.3, 0.4) is 0 Å². The van der Waals surface area contributed by atoms with Gasteiger partial charge in [0.1, 0.15) is 23.1 Å². The number of benzene rings is 2. The Morgan fingerprint density at radius 3 is 2.30 bits per heavy atom. The fourth-order valence-electron chi connectivity index (χ4n) is 4.45. The number of hydrogen-bond donors (Lipinski definition) is 3. The summed E-state index contributed by atoms with van der Waals surface area (Å²) in [7, 11) is 1.60. The number of carbonyl (C=O) groups excluding carboxylic acids is 2. The standard InChI is InChI=1S/C29H36FN3O6.Na/c1-18(2)27-26(29(38)31-14-12-19-4-10-24(39-3)11-5-19)32-28(20-6-8-21(30)9-7-20)33(27)15-13-22(34)16-23(35)17-25(36)37;/h4-11,18,22-23,34-35H,12-17H2,1-3H3,(H,31,38)(H,36,37);/q;+1/p-1/t22-,23-;/m1./s1. The molecule has 0 radical (unpaired) electrons. The van der Waals surface area contributed by atoms with Crippen LogP contribution in [-0.2, 0) is 17.8 Å². The van der Waals surface area contributed by atoms with E-state index in [4.69, 9.17) is 4.74 Å². The first-order chi connectivity index (χ1) is 18.6. The van der Waals surface area contributed by atoms with Crippen molar-refractivity contribution in [3.05, 3.63) is 71.3 Å². The van der Waals surface area contributed by atoms with Crippen molar-refractivity contribution >= 4 is 11.9 Å². The van der Waals surface area contributed by atoms with E-state index in [-0.39, 0.29) is 66.5 Å². The molecule has 2 atom stereocenters. The monoisotopic (exact) mass is 563 g/mol. The molecule has 0 unspecified atom stereocenters. The number of aliphatic hydroxyl groups is 2. The van der Waals surface area contributed by atoms with Gasteiger partial charge in [-0.25, -0.2) is 9.37 Å². The van der Waals surface area contributed by atoms with E-state index in [1.54, 1.807) is 19.2 Å². The minimum atomic E-state index is -1.40.